The molecule has 0 unspecified atom stereocenters. The number of carboxylic acids is 4. The molecule has 13 heteroatoms. The van der Waals surface area contributed by atoms with Gasteiger partial charge in [-0.3, -0.25) is 19.2 Å². The molecule has 0 fully saturated rings. The Morgan fingerprint density at radius 3 is 0.514 bits per heavy atom. The molecule has 568 valence electrons. The van der Waals surface area contributed by atoms with Gasteiger partial charge in [-0.05, 0) is 329 Å². The van der Waals surface area contributed by atoms with Crippen LogP contribution in [0.3, 0.4) is 0 Å². The Bertz CT molecular complexity index is 4310. The van der Waals surface area contributed by atoms with E-state index in [2.05, 4.69) is 184 Å². The summed E-state index contributed by atoms with van der Waals surface area (Å²) < 4.78 is 0. The van der Waals surface area contributed by atoms with Gasteiger partial charge in [-0.25, -0.2) is 0 Å². The predicted octanol–water partition coefficient (Wildman–Crippen LogP) is 13.5. The molecule has 0 aromatic heterocycles. The smallest absolute Gasteiger partial charge is 0.542 e. The quantitative estimate of drug-likeness (QED) is 0.0417. The molecule has 0 saturated heterocycles. The standard InChI is InChI=1S/4C24H28O3.Zr/c4*1-5-14-10-9-11-15-12-20-19(13-21(25)24(26)27)17(7-3)16(6-2)18(8-4)23(20)22(14)15;/h4*9-11H,5-8,12-13H2,1-4H3,(H,26,27);/q;;;;+4/p-4. The number of fused-ring (bicyclic) bond motifs is 12. The van der Waals surface area contributed by atoms with Crippen LogP contribution in [0.4, 0.5) is 0 Å². The van der Waals surface area contributed by atoms with Crippen LogP contribution in [0.1, 0.15) is 267 Å². The molecule has 12 rings (SSSR count). The number of ketones is 4. The zero-order valence-corrected chi connectivity index (χ0v) is 69.8. The molecule has 4 aliphatic rings. The van der Waals surface area contributed by atoms with Gasteiger partial charge in [0.15, 0.2) is 23.1 Å². The normalized spacial score (nSPS) is 11.9. The van der Waals surface area contributed by atoms with Crippen LogP contribution in [-0.2, 0) is 219 Å². The maximum absolute atomic E-state index is 12.1. The number of carboxylic acid groups (broad SMARTS) is 4. The molecule has 0 saturated carbocycles. The molecule has 12 nitrogen and oxygen atoms in total. The zero-order valence-electron chi connectivity index (χ0n) is 67.3. The van der Waals surface area contributed by atoms with Gasteiger partial charge in [-0.15, -0.1) is 0 Å². The van der Waals surface area contributed by atoms with E-state index in [9.17, 15) is 58.8 Å². The zero-order chi connectivity index (χ0) is 78.9. The molecule has 0 N–H and O–H groups in total. The molecule has 0 spiro atoms. The average molecular weight is 1550 g/mol. The number of Topliss-reactive ketones (excluding diaryl/α,β-unsaturated/α-hetero) is 4. The van der Waals surface area contributed by atoms with E-state index in [0.717, 1.165) is 195 Å². The van der Waals surface area contributed by atoms with E-state index in [1.807, 2.05) is 0 Å². The predicted molar refractivity (Wildman–Crippen MR) is 424 cm³/mol. The maximum atomic E-state index is 12.1. The maximum Gasteiger partial charge on any atom is 4.00 e. The van der Waals surface area contributed by atoms with E-state index in [1.54, 1.807) is 0 Å². The van der Waals surface area contributed by atoms with Crippen molar-refractivity contribution in [2.24, 2.45) is 0 Å². The van der Waals surface area contributed by atoms with Gasteiger partial charge in [-0.1, -0.05) is 184 Å². The van der Waals surface area contributed by atoms with Crippen molar-refractivity contribution in [1.29, 1.82) is 0 Å². The molecule has 0 atom stereocenters. The van der Waals surface area contributed by atoms with Crippen molar-refractivity contribution in [2.45, 2.75) is 265 Å². The van der Waals surface area contributed by atoms with Crippen molar-refractivity contribution in [3.05, 3.63) is 229 Å². The van der Waals surface area contributed by atoms with Crippen molar-refractivity contribution in [3.8, 4) is 44.5 Å². The van der Waals surface area contributed by atoms with Crippen molar-refractivity contribution in [1.82, 2.24) is 0 Å². The number of benzene rings is 8. The average Bonchev–Trinajstić information content (AvgIpc) is 1.62. The SMILES string of the molecule is CCc1cccc2c1-c1c(CC)c(CC)c(CC)c(CC(=O)C(=O)[O-])c1C2.CCc1cccc2c1-c1c(CC)c(CC)c(CC)c(CC(=O)C(=O)[O-])c1C2.CCc1cccc2c1-c1c(CC)c(CC)c(CC)c(CC(=O)C(=O)[O-])c1C2.CCc1cccc2c1-c1c(CC)c(CC)c(CC)c(CC(=O)C(=O)[O-])c1C2.[Zr+4]. The molecule has 109 heavy (non-hydrogen) atoms. The van der Waals surface area contributed by atoms with Crippen molar-refractivity contribution < 1.29 is 85.0 Å². The third kappa shape index (κ3) is 16.4. The van der Waals surface area contributed by atoms with Crippen LogP contribution in [-0.4, -0.2) is 47.0 Å². The Balaban J connectivity index is 0.000000182. The van der Waals surface area contributed by atoms with Crippen molar-refractivity contribution in [3.63, 3.8) is 0 Å². The van der Waals surface area contributed by atoms with E-state index in [0.29, 0.717) is 0 Å². The first kappa shape index (κ1) is 85.8. The Morgan fingerprint density at radius 1 is 0.220 bits per heavy atom. The number of carbonyl (C=O) groups is 8. The van der Waals surface area contributed by atoms with Crippen LogP contribution in [0.2, 0.25) is 0 Å². The van der Waals surface area contributed by atoms with E-state index in [1.165, 1.54) is 134 Å². The Labute approximate surface area is 665 Å². The van der Waals surface area contributed by atoms with Gasteiger partial charge in [-0.2, -0.15) is 0 Å². The first-order valence-corrected chi connectivity index (χ1v) is 40.1. The third-order valence-corrected chi connectivity index (χ3v) is 23.7. The Hall–Kier alpha value is -8.80. The van der Waals surface area contributed by atoms with Crippen LogP contribution >= 0.6 is 0 Å². The summed E-state index contributed by atoms with van der Waals surface area (Å²) in [5, 5.41) is 44.6. The van der Waals surface area contributed by atoms with Crippen LogP contribution < -0.4 is 20.4 Å². The second kappa shape index (κ2) is 37.7. The third-order valence-electron chi connectivity index (χ3n) is 23.7. The summed E-state index contributed by atoms with van der Waals surface area (Å²) in [4.78, 5) is 92.8. The van der Waals surface area contributed by atoms with Crippen LogP contribution in [0.25, 0.3) is 44.5 Å². The van der Waals surface area contributed by atoms with Gasteiger partial charge in [0, 0.05) is 25.7 Å². The first-order chi connectivity index (χ1) is 51.9. The van der Waals surface area contributed by atoms with E-state index < -0.39 is 47.0 Å². The monoisotopic (exact) mass is 1540 g/mol. The summed E-state index contributed by atoms with van der Waals surface area (Å²) in [6.45, 7) is 34.4. The molecule has 8 aromatic carbocycles. The second-order valence-corrected chi connectivity index (χ2v) is 28.8. The summed E-state index contributed by atoms with van der Waals surface area (Å²) in [5.74, 6) is -9.67. The van der Waals surface area contributed by atoms with E-state index >= 15 is 0 Å². The minimum absolute atomic E-state index is 0. The van der Waals surface area contributed by atoms with Gasteiger partial charge < -0.3 is 39.6 Å². The molecule has 0 aliphatic heterocycles. The second-order valence-electron chi connectivity index (χ2n) is 28.8. The molecule has 0 amide bonds. The topological polar surface area (TPSA) is 229 Å². The minimum atomic E-state index is -1.59. The van der Waals surface area contributed by atoms with E-state index in [-0.39, 0.29) is 51.9 Å². The molecular weight excluding hydrogens is 1440 g/mol. The molecule has 0 bridgehead atoms. The number of hydrogen-bond donors (Lipinski definition) is 0. The Kier molecular flexibility index (Phi) is 29.7. The van der Waals surface area contributed by atoms with E-state index in [4.69, 9.17) is 0 Å². The van der Waals surface area contributed by atoms with Crippen LogP contribution in [0, 0.1) is 0 Å². The fourth-order valence-corrected chi connectivity index (χ4v) is 19.3. The number of rotatable bonds is 28. The van der Waals surface area contributed by atoms with Gasteiger partial charge in [0.05, 0.1) is 0 Å². The number of carbonyl (C=O) groups excluding carboxylic acids is 8. The summed E-state index contributed by atoms with van der Waals surface area (Å²) >= 11 is 0. The summed E-state index contributed by atoms with van der Waals surface area (Å²) in [5.41, 5.74) is 44.4. The summed E-state index contributed by atoms with van der Waals surface area (Å²) in [6, 6.07) is 25.8. The first-order valence-electron chi connectivity index (χ1n) is 40.1. The van der Waals surface area contributed by atoms with Crippen molar-refractivity contribution in [2.75, 3.05) is 0 Å². The number of hydrogen-bond acceptors (Lipinski definition) is 12. The van der Waals surface area contributed by atoms with Gasteiger partial charge in [0.2, 0.25) is 0 Å². The number of aryl methyl sites for hydroxylation is 4. The van der Waals surface area contributed by atoms with Crippen LogP contribution in [0.15, 0.2) is 72.8 Å². The van der Waals surface area contributed by atoms with Crippen molar-refractivity contribution >= 4 is 47.0 Å². The summed E-state index contributed by atoms with van der Waals surface area (Å²) in [6.07, 6.45) is 17.1. The Morgan fingerprint density at radius 2 is 0.376 bits per heavy atom. The summed E-state index contributed by atoms with van der Waals surface area (Å²) in [7, 11) is 0. The molecule has 0 radical (unpaired) electrons. The fourth-order valence-electron chi connectivity index (χ4n) is 19.3. The molecular formula is C96H108O12Zr. The fraction of sp³-hybridized carbons (Fsp3) is 0.417. The molecule has 4 aliphatic carbocycles. The molecule has 0 heterocycles. The largest absolute Gasteiger partial charge is 4.00 e. The van der Waals surface area contributed by atoms with Gasteiger partial charge in [0.1, 0.15) is 23.9 Å². The molecule has 8 aromatic rings. The number of aliphatic carboxylic acids is 4. The van der Waals surface area contributed by atoms with Gasteiger partial charge in [0.25, 0.3) is 0 Å². The van der Waals surface area contributed by atoms with Gasteiger partial charge >= 0.3 is 26.2 Å². The van der Waals surface area contributed by atoms with Crippen LogP contribution in [0.5, 0.6) is 0 Å². The minimum Gasteiger partial charge on any atom is -0.542 e.